The molecule has 2 aromatic heterocycles. The van der Waals surface area contributed by atoms with Gasteiger partial charge in [0.1, 0.15) is 35.9 Å². The Balaban J connectivity index is 1.41. The van der Waals surface area contributed by atoms with Gasteiger partial charge in [-0.3, -0.25) is 0 Å². The summed E-state index contributed by atoms with van der Waals surface area (Å²) in [5, 5.41) is 3.22. The number of imidazole rings is 1. The van der Waals surface area contributed by atoms with Crippen LogP contribution in [0.4, 0.5) is 10.2 Å². The number of rotatable bonds is 8. The lowest BCUT2D eigenvalue weighted by atomic mass is 9.92. The summed E-state index contributed by atoms with van der Waals surface area (Å²) in [6.45, 7) is 0.687. The predicted octanol–water partition coefficient (Wildman–Crippen LogP) is 5.25. The highest BCUT2D eigenvalue weighted by Crippen LogP contribution is 2.42. The highest BCUT2D eigenvalue weighted by molar-refractivity contribution is 5.81. The van der Waals surface area contributed by atoms with Crippen molar-refractivity contribution in [2.24, 2.45) is 0 Å². The Kier molecular flexibility index (Phi) is 7.23. The molecule has 0 spiro atoms. The molecule has 3 heterocycles. The van der Waals surface area contributed by atoms with E-state index in [1.807, 2.05) is 30.4 Å². The van der Waals surface area contributed by atoms with Crippen LogP contribution in [0.2, 0.25) is 0 Å². The number of aromatic amines is 1. The van der Waals surface area contributed by atoms with Gasteiger partial charge in [-0.05, 0) is 36.6 Å². The van der Waals surface area contributed by atoms with Gasteiger partial charge < -0.3 is 29.2 Å². The monoisotopic (exact) mass is 504 g/mol. The van der Waals surface area contributed by atoms with Gasteiger partial charge in [0.15, 0.2) is 11.5 Å². The minimum Gasteiger partial charge on any atom is -0.495 e. The van der Waals surface area contributed by atoms with Crippen LogP contribution in [0.25, 0.3) is 11.6 Å². The van der Waals surface area contributed by atoms with E-state index in [0.29, 0.717) is 35.2 Å². The Morgan fingerprint density at radius 2 is 1.97 bits per heavy atom. The van der Waals surface area contributed by atoms with Crippen LogP contribution in [-0.4, -0.2) is 42.8 Å². The minimum absolute atomic E-state index is 0.146. The molecular weight excluding hydrogens is 475 g/mol. The number of benzene rings is 1. The third kappa shape index (κ3) is 5.08. The summed E-state index contributed by atoms with van der Waals surface area (Å²) in [4.78, 5) is 12.4. The normalized spacial score (nSPS) is 15.8. The van der Waals surface area contributed by atoms with Crippen LogP contribution in [0.1, 0.15) is 40.9 Å². The second-order valence-electron chi connectivity index (χ2n) is 8.61. The number of aryl methyl sites for hydroxylation is 1. The SMILES string of the molecule is COc1cnc2c(c1)C(C(OC)c1cc(OC)c(OCc3nc4c([nH]3)CCC=C/C=C\4)cc1F)=CCN2. The third-order valence-electron chi connectivity index (χ3n) is 6.37. The summed E-state index contributed by atoms with van der Waals surface area (Å²) < 4.78 is 38.2. The zero-order valence-corrected chi connectivity index (χ0v) is 21.0. The number of methoxy groups -OCH3 is 3. The number of aromatic nitrogens is 3. The van der Waals surface area contributed by atoms with Crippen LogP contribution in [0.3, 0.4) is 0 Å². The molecule has 0 amide bonds. The molecule has 0 bridgehead atoms. The molecule has 2 N–H and O–H groups in total. The Morgan fingerprint density at radius 3 is 2.78 bits per heavy atom. The first kappa shape index (κ1) is 24.6. The molecule has 9 heteroatoms. The Hall–Kier alpha value is -4.11. The number of nitrogens with zero attached hydrogens (tertiary/aromatic N) is 2. The highest BCUT2D eigenvalue weighted by atomic mass is 19.1. The van der Waals surface area contributed by atoms with Crippen molar-refractivity contribution < 1.29 is 23.3 Å². The van der Waals surface area contributed by atoms with Crippen molar-refractivity contribution >= 4 is 17.5 Å². The van der Waals surface area contributed by atoms with Crippen molar-refractivity contribution in [3.63, 3.8) is 0 Å². The van der Waals surface area contributed by atoms with E-state index in [9.17, 15) is 0 Å². The van der Waals surface area contributed by atoms with E-state index in [2.05, 4.69) is 26.3 Å². The number of hydrogen-bond acceptors (Lipinski definition) is 7. The van der Waals surface area contributed by atoms with Gasteiger partial charge in [0.2, 0.25) is 0 Å². The van der Waals surface area contributed by atoms with Gasteiger partial charge in [-0.2, -0.15) is 0 Å². The molecule has 3 aromatic rings. The van der Waals surface area contributed by atoms with Crippen LogP contribution in [0.5, 0.6) is 17.2 Å². The number of allylic oxidation sites excluding steroid dienone is 3. The third-order valence-corrected chi connectivity index (χ3v) is 6.37. The summed E-state index contributed by atoms with van der Waals surface area (Å²) in [7, 11) is 4.65. The van der Waals surface area contributed by atoms with Gasteiger partial charge in [0, 0.05) is 36.5 Å². The Labute approximate surface area is 214 Å². The first-order valence-corrected chi connectivity index (χ1v) is 12.0. The lowest BCUT2D eigenvalue weighted by molar-refractivity contribution is 0.146. The van der Waals surface area contributed by atoms with Gasteiger partial charge in [-0.1, -0.05) is 24.3 Å². The van der Waals surface area contributed by atoms with E-state index in [-0.39, 0.29) is 12.4 Å². The summed E-state index contributed by atoms with van der Waals surface area (Å²) in [5.74, 6) is 2.15. The quantitative estimate of drug-likeness (QED) is 0.433. The Bertz CT molecular complexity index is 1380. The fourth-order valence-corrected chi connectivity index (χ4v) is 4.55. The Morgan fingerprint density at radius 1 is 1.08 bits per heavy atom. The molecule has 0 radical (unpaired) electrons. The lowest BCUT2D eigenvalue weighted by Crippen LogP contribution is -2.16. The molecule has 0 saturated carbocycles. The van der Waals surface area contributed by atoms with Gasteiger partial charge >= 0.3 is 0 Å². The molecular formula is C28H29FN4O4. The second-order valence-corrected chi connectivity index (χ2v) is 8.61. The van der Waals surface area contributed by atoms with Crippen LogP contribution in [-0.2, 0) is 17.8 Å². The number of pyridine rings is 1. The lowest BCUT2D eigenvalue weighted by Gasteiger charge is -2.26. The van der Waals surface area contributed by atoms with Gasteiger partial charge in [0.05, 0.1) is 26.1 Å². The van der Waals surface area contributed by atoms with Gasteiger partial charge in [0.25, 0.3) is 0 Å². The van der Waals surface area contributed by atoms with Gasteiger partial charge in [-0.25, -0.2) is 14.4 Å². The number of halogens is 1. The maximum Gasteiger partial charge on any atom is 0.164 e. The first-order chi connectivity index (χ1) is 18.1. The maximum atomic E-state index is 15.5. The molecule has 1 aromatic carbocycles. The molecule has 2 aliphatic rings. The van der Waals surface area contributed by atoms with Gasteiger partial charge in [-0.15, -0.1) is 0 Å². The predicted molar refractivity (Wildman–Crippen MR) is 139 cm³/mol. The van der Waals surface area contributed by atoms with E-state index in [1.54, 1.807) is 26.5 Å². The van der Waals surface area contributed by atoms with E-state index < -0.39 is 11.9 Å². The molecule has 1 aliphatic carbocycles. The average molecular weight is 505 g/mol. The number of H-pyrrole nitrogens is 1. The second kappa shape index (κ2) is 10.9. The van der Waals surface area contributed by atoms with E-state index in [1.165, 1.54) is 13.2 Å². The van der Waals surface area contributed by atoms with Crippen molar-refractivity contribution in [3.8, 4) is 17.2 Å². The van der Waals surface area contributed by atoms with E-state index >= 15 is 4.39 Å². The molecule has 1 aliphatic heterocycles. The minimum atomic E-state index is -0.692. The van der Waals surface area contributed by atoms with Crippen LogP contribution < -0.4 is 19.5 Å². The summed E-state index contributed by atoms with van der Waals surface area (Å²) in [6.07, 6.45) is 12.8. The molecule has 0 fully saturated rings. The number of hydrogen-bond donors (Lipinski definition) is 2. The molecule has 37 heavy (non-hydrogen) atoms. The zero-order chi connectivity index (χ0) is 25.8. The molecule has 0 saturated heterocycles. The van der Waals surface area contributed by atoms with Crippen molar-refractivity contribution in [3.05, 3.63) is 82.9 Å². The zero-order valence-electron chi connectivity index (χ0n) is 21.0. The molecule has 5 rings (SSSR count). The maximum absolute atomic E-state index is 15.5. The number of fused-ring (bicyclic) bond motifs is 2. The standard InChI is InChI=1S/C28H29FN4O4/c1-34-17-12-19-18(10-11-30-28(19)31-15-17)27(36-3)20-13-24(35-2)25(14-21(20)29)37-16-26-32-22-8-6-4-5-7-9-23(22)33-26/h4-6,8,10,12-15,27H,7,9,11,16H2,1-3H3,(H,30,31)(H,32,33)/b5-4?,8-6-. The number of nitrogens with one attached hydrogen (secondary N) is 2. The molecule has 192 valence electrons. The van der Waals surface area contributed by atoms with Crippen molar-refractivity contribution in [2.75, 3.05) is 33.2 Å². The molecule has 8 nitrogen and oxygen atoms in total. The number of anilines is 1. The van der Waals surface area contributed by atoms with Crippen LogP contribution in [0.15, 0.2) is 48.7 Å². The van der Waals surface area contributed by atoms with Crippen LogP contribution in [0, 0.1) is 5.82 Å². The van der Waals surface area contributed by atoms with Crippen molar-refractivity contribution in [2.45, 2.75) is 25.6 Å². The summed E-state index contributed by atoms with van der Waals surface area (Å²) >= 11 is 0. The van der Waals surface area contributed by atoms with Crippen LogP contribution >= 0.6 is 0 Å². The van der Waals surface area contributed by atoms with E-state index in [4.69, 9.17) is 18.9 Å². The molecule has 1 unspecified atom stereocenters. The van der Waals surface area contributed by atoms with Crippen molar-refractivity contribution in [1.82, 2.24) is 15.0 Å². The topological polar surface area (TPSA) is 90.5 Å². The average Bonchev–Trinajstić information content (AvgIpc) is 3.29. The molecule has 1 atom stereocenters. The number of ether oxygens (including phenoxy) is 4. The summed E-state index contributed by atoms with van der Waals surface area (Å²) in [5.41, 5.74) is 3.84. The van der Waals surface area contributed by atoms with E-state index in [0.717, 1.165) is 35.4 Å². The fourth-order valence-electron chi connectivity index (χ4n) is 4.55. The fraction of sp³-hybridized carbons (Fsp3) is 0.286. The highest BCUT2D eigenvalue weighted by Gasteiger charge is 2.28. The summed E-state index contributed by atoms with van der Waals surface area (Å²) in [6, 6.07) is 4.80. The largest absolute Gasteiger partial charge is 0.495 e. The first-order valence-electron chi connectivity index (χ1n) is 12.0. The van der Waals surface area contributed by atoms with Crippen molar-refractivity contribution in [1.29, 1.82) is 0 Å². The smallest absolute Gasteiger partial charge is 0.164 e.